The van der Waals surface area contributed by atoms with E-state index >= 15 is 0 Å². The summed E-state index contributed by atoms with van der Waals surface area (Å²) < 4.78 is 11.3. The fourth-order valence-electron chi connectivity index (χ4n) is 4.51. The topological polar surface area (TPSA) is 74.4 Å². The van der Waals surface area contributed by atoms with Crippen molar-refractivity contribution in [3.05, 3.63) is 0 Å². The smallest absolute Gasteiger partial charge is 0.344 e. The SMILES string of the molecule is C[C@@H]1CCCN(OSOC2CC2N2CC3(CC(NC=O)C3)C2)C(=O)N1C. The van der Waals surface area contributed by atoms with E-state index in [2.05, 4.69) is 17.1 Å². The van der Waals surface area contributed by atoms with Gasteiger partial charge in [-0.05, 0) is 44.4 Å². The number of carbonyl (C=O) groups excluding carboxylic acids is 2. The second-order valence-corrected chi connectivity index (χ2v) is 8.84. The Hall–Kier alpha value is -1.03. The summed E-state index contributed by atoms with van der Waals surface area (Å²) in [6.07, 6.45) is 6.12. The van der Waals surface area contributed by atoms with Gasteiger partial charge >= 0.3 is 6.03 Å². The van der Waals surface area contributed by atoms with E-state index in [1.54, 1.807) is 4.90 Å². The number of nitrogens with zero attached hydrogens (tertiary/aromatic N) is 3. The Bertz CT molecular complexity index is 551. The number of hydrogen-bond acceptors (Lipinski definition) is 6. The van der Waals surface area contributed by atoms with Gasteiger partial charge < -0.3 is 10.2 Å². The van der Waals surface area contributed by atoms with Gasteiger partial charge in [-0.3, -0.25) is 13.9 Å². The molecule has 26 heavy (non-hydrogen) atoms. The summed E-state index contributed by atoms with van der Waals surface area (Å²) in [5.74, 6) is 0. The first-order chi connectivity index (χ1) is 12.5. The Morgan fingerprint density at radius 3 is 2.85 bits per heavy atom. The number of nitrogens with one attached hydrogen (secondary N) is 1. The van der Waals surface area contributed by atoms with Gasteiger partial charge in [-0.1, -0.05) is 0 Å². The Morgan fingerprint density at radius 2 is 2.12 bits per heavy atom. The van der Waals surface area contributed by atoms with Crippen LogP contribution in [-0.4, -0.2) is 78.2 Å². The van der Waals surface area contributed by atoms with Gasteiger partial charge in [-0.2, -0.15) is 9.35 Å². The molecule has 0 bridgehead atoms. The normalized spacial score (nSPS) is 34.2. The molecule has 2 aliphatic carbocycles. The average Bonchev–Trinajstić information content (AvgIpc) is 3.32. The maximum absolute atomic E-state index is 12.3. The molecule has 3 amide bonds. The Kier molecular flexibility index (Phi) is 5.06. The van der Waals surface area contributed by atoms with Crippen LogP contribution in [0.3, 0.4) is 0 Å². The maximum Gasteiger partial charge on any atom is 0.344 e. The first-order valence-electron chi connectivity index (χ1n) is 9.49. The molecule has 4 fully saturated rings. The highest BCUT2D eigenvalue weighted by molar-refractivity contribution is 7.89. The summed E-state index contributed by atoms with van der Waals surface area (Å²) in [6, 6.07) is 0.974. The van der Waals surface area contributed by atoms with Crippen LogP contribution in [0, 0.1) is 5.41 Å². The summed E-state index contributed by atoms with van der Waals surface area (Å²) in [7, 11) is 1.81. The minimum Gasteiger partial charge on any atom is -0.356 e. The second kappa shape index (κ2) is 7.18. The van der Waals surface area contributed by atoms with E-state index < -0.39 is 0 Å². The molecular weight excluding hydrogens is 356 g/mol. The van der Waals surface area contributed by atoms with Crippen molar-refractivity contribution in [3.8, 4) is 0 Å². The maximum atomic E-state index is 12.3. The van der Waals surface area contributed by atoms with Crippen molar-refractivity contribution in [3.63, 3.8) is 0 Å². The van der Waals surface area contributed by atoms with E-state index in [9.17, 15) is 9.59 Å². The fourth-order valence-corrected chi connectivity index (χ4v) is 5.07. The van der Waals surface area contributed by atoms with Gasteiger partial charge in [-0.25, -0.2) is 4.79 Å². The van der Waals surface area contributed by atoms with Crippen molar-refractivity contribution in [2.75, 3.05) is 26.7 Å². The average molecular weight is 385 g/mol. The van der Waals surface area contributed by atoms with Crippen molar-refractivity contribution in [1.82, 2.24) is 20.2 Å². The monoisotopic (exact) mass is 384 g/mol. The van der Waals surface area contributed by atoms with Crippen molar-refractivity contribution in [2.24, 2.45) is 5.41 Å². The highest BCUT2D eigenvalue weighted by Crippen LogP contribution is 2.52. The van der Waals surface area contributed by atoms with Gasteiger partial charge in [0, 0.05) is 38.3 Å². The minimum absolute atomic E-state index is 0.105. The predicted octanol–water partition coefficient (Wildman–Crippen LogP) is 1.39. The molecule has 3 atom stereocenters. The molecule has 2 heterocycles. The molecule has 2 saturated heterocycles. The third-order valence-electron chi connectivity index (χ3n) is 6.35. The van der Waals surface area contributed by atoms with Crippen LogP contribution in [-0.2, 0) is 13.3 Å². The quantitative estimate of drug-likeness (QED) is 0.528. The Balaban J connectivity index is 1.13. The third-order valence-corrected chi connectivity index (χ3v) is 6.92. The highest BCUT2D eigenvalue weighted by atomic mass is 32.2. The summed E-state index contributed by atoms with van der Waals surface area (Å²) in [4.78, 5) is 26.9. The molecular formula is C17H28N4O4S. The van der Waals surface area contributed by atoms with Crippen molar-refractivity contribution >= 4 is 24.8 Å². The van der Waals surface area contributed by atoms with E-state index in [-0.39, 0.29) is 18.2 Å². The molecule has 146 valence electrons. The lowest BCUT2D eigenvalue weighted by Crippen LogP contribution is -2.66. The van der Waals surface area contributed by atoms with E-state index in [0.29, 0.717) is 24.0 Å². The largest absolute Gasteiger partial charge is 0.356 e. The fraction of sp³-hybridized carbons (Fsp3) is 0.882. The molecule has 1 N–H and O–H groups in total. The molecule has 2 unspecified atom stereocenters. The molecule has 8 nitrogen and oxygen atoms in total. The zero-order valence-electron chi connectivity index (χ0n) is 15.4. The van der Waals surface area contributed by atoms with E-state index in [1.165, 1.54) is 5.06 Å². The van der Waals surface area contributed by atoms with Crippen LogP contribution in [0.1, 0.15) is 39.0 Å². The van der Waals surface area contributed by atoms with Crippen LogP contribution in [0.25, 0.3) is 0 Å². The summed E-state index contributed by atoms with van der Waals surface area (Å²) in [6.45, 7) is 4.86. The highest BCUT2D eigenvalue weighted by Gasteiger charge is 2.58. The van der Waals surface area contributed by atoms with Gasteiger partial charge in [0.1, 0.15) is 0 Å². The van der Waals surface area contributed by atoms with E-state index in [1.807, 2.05) is 7.05 Å². The number of urea groups is 1. The number of likely N-dealkylation sites (tertiary alicyclic amines) is 1. The molecule has 0 aromatic carbocycles. The van der Waals surface area contributed by atoms with Gasteiger partial charge in [0.05, 0.1) is 12.6 Å². The van der Waals surface area contributed by atoms with Crippen LogP contribution >= 0.6 is 12.3 Å². The number of rotatable bonds is 7. The molecule has 0 aromatic heterocycles. The van der Waals surface area contributed by atoms with Gasteiger partial charge in [0.25, 0.3) is 0 Å². The molecule has 4 rings (SSSR count). The molecule has 2 aliphatic heterocycles. The minimum atomic E-state index is -0.105. The molecule has 0 aromatic rings. The Labute approximate surface area is 158 Å². The van der Waals surface area contributed by atoms with Gasteiger partial charge in [0.2, 0.25) is 6.41 Å². The van der Waals surface area contributed by atoms with E-state index in [4.69, 9.17) is 8.47 Å². The number of hydroxylamine groups is 2. The van der Waals surface area contributed by atoms with Crippen molar-refractivity contribution < 1.29 is 18.1 Å². The number of hydrogen-bond donors (Lipinski definition) is 1. The number of carbonyl (C=O) groups is 2. The first kappa shape index (κ1) is 18.3. The molecule has 4 aliphatic rings. The first-order valence-corrected chi connectivity index (χ1v) is 10.2. The summed E-state index contributed by atoms with van der Waals surface area (Å²) in [5.41, 5.74) is 0.428. The molecule has 1 spiro atoms. The lowest BCUT2D eigenvalue weighted by molar-refractivity contribution is -0.117. The van der Waals surface area contributed by atoms with Crippen molar-refractivity contribution in [2.45, 2.75) is 63.3 Å². The summed E-state index contributed by atoms with van der Waals surface area (Å²) >= 11 is 0.932. The second-order valence-electron chi connectivity index (χ2n) is 8.36. The van der Waals surface area contributed by atoms with Crippen LogP contribution in [0.2, 0.25) is 0 Å². The Morgan fingerprint density at radius 1 is 1.35 bits per heavy atom. The van der Waals surface area contributed by atoms with Crippen LogP contribution in [0.4, 0.5) is 4.79 Å². The van der Waals surface area contributed by atoms with Crippen LogP contribution < -0.4 is 5.32 Å². The molecule has 2 saturated carbocycles. The number of amides is 3. The van der Waals surface area contributed by atoms with Crippen molar-refractivity contribution in [1.29, 1.82) is 0 Å². The van der Waals surface area contributed by atoms with E-state index in [0.717, 1.165) is 63.9 Å². The molecule has 0 radical (unpaired) electrons. The zero-order chi connectivity index (χ0) is 18.3. The lowest BCUT2D eigenvalue weighted by atomic mass is 9.60. The zero-order valence-corrected chi connectivity index (χ0v) is 16.2. The lowest BCUT2D eigenvalue weighted by Gasteiger charge is -2.59. The predicted molar refractivity (Wildman–Crippen MR) is 96.7 cm³/mol. The van der Waals surface area contributed by atoms with Crippen LogP contribution in [0.15, 0.2) is 0 Å². The van der Waals surface area contributed by atoms with Crippen LogP contribution in [0.5, 0.6) is 0 Å². The third kappa shape index (κ3) is 3.54. The van der Waals surface area contributed by atoms with Gasteiger partial charge in [0.15, 0.2) is 12.3 Å². The molecule has 9 heteroatoms. The standard InChI is InChI=1S/C17H28N4O4S/c1-12-4-3-5-21(16(23)19(12)2)25-26-24-15-6-14(15)20-9-17(10-20)7-13(8-17)18-11-22/h11-15H,3-10H2,1-2H3,(H,18,22)/t12-,14?,15?/m1/s1. The van der Waals surface area contributed by atoms with Gasteiger partial charge in [-0.15, -0.1) is 0 Å². The summed E-state index contributed by atoms with van der Waals surface area (Å²) in [5, 5.41) is 4.27.